The van der Waals surface area contributed by atoms with Crippen LogP contribution in [0.1, 0.15) is 29.6 Å². The van der Waals surface area contributed by atoms with Crippen LogP contribution in [-0.4, -0.2) is 48.1 Å². The molecule has 30 heavy (non-hydrogen) atoms. The van der Waals surface area contributed by atoms with Crippen molar-refractivity contribution in [2.45, 2.75) is 25.4 Å². The lowest BCUT2D eigenvalue weighted by molar-refractivity contribution is 0.0936. The molecule has 5 nitrogen and oxygen atoms in total. The standard InChI is InChI=1S/C23H25Cl2N3O2/c24-20-7-6-17(14-21(20)25)30-16-8-12-28(13-9-16)11-3-10-26-23(29)19-15-27-22-5-2-1-4-18(19)22/h1-2,4-7,14-16,27H,3,8-13H2,(H,26,29). The highest BCUT2D eigenvalue weighted by molar-refractivity contribution is 6.42. The van der Waals surface area contributed by atoms with Crippen LogP contribution in [0.2, 0.25) is 10.0 Å². The Bertz CT molecular complexity index is 1010. The number of likely N-dealkylation sites (tertiary alicyclic amines) is 1. The molecule has 2 aromatic carbocycles. The molecule has 0 spiro atoms. The van der Waals surface area contributed by atoms with Gasteiger partial charge in [-0.25, -0.2) is 0 Å². The first-order valence-electron chi connectivity index (χ1n) is 10.3. The van der Waals surface area contributed by atoms with Gasteiger partial charge in [-0.15, -0.1) is 0 Å². The molecule has 2 N–H and O–H groups in total. The highest BCUT2D eigenvalue weighted by atomic mass is 35.5. The predicted molar refractivity (Wildman–Crippen MR) is 122 cm³/mol. The van der Waals surface area contributed by atoms with Gasteiger partial charge in [-0.05, 0) is 44.0 Å². The number of carbonyl (C=O) groups excluding carboxylic acids is 1. The topological polar surface area (TPSA) is 57.4 Å². The molecule has 0 aliphatic carbocycles. The van der Waals surface area contributed by atoms with E-state index in [4.69, 9.17) is 27.9 Å². The summed E-state index contributed by atoms with van der Waals surface area (Å²) >= 11 is 12.0. The van der Waals surface area contributed by atoms with Crippen molar-refractivity contribution in [2.75, 3.05) is 26.2 Å². The Morgan fingerprint density at radius 2 is 1.93 bits per heavy atom. The number of rotatable bonds is 7. The Balaban J connectivity index is 1.16. The van der Waals surface area contributed by atoms with E-state index in [-0.39, 0.29) is 12.0 Å². The number of hydrogen-bond donors (Lipinski definition) is 2. The van der Waals surface area contributed by atoms with E-state index in [2.05, 4.69) is 15.2 Å². The SMILES string of the molecule is O=C(NCCCN1CCC(Oc2ccc(Cl)c(Cl)c2)CC1)c1c[nH]c2ccccc12. The zero-order chi connectivity index (χ0) is 20.9. The number of para-hydroxylation sites is 1. The normalized spacial score (nSPS) is 15.4. The number of piperidine rings is 1. The predicted octanol–water partition coefficient (Wildman–Crippen LogP) is 5.14. The smallest absolute Gasteiger partial charge is 0.253 e. The highest BCUT2D eigenvalue weighted by Gasteiger charge is 2.20. The van der Waals surface area contributed by atoms with Crippen LogP contribution < -0.4 is 10.1 Å². The summed E-state index contributed by atoms with van der Waals surface area (Å²) in [6.07, 6.45) is 4.84. The van der Waals surface area contributed by atoms with Gasteiger partial charge in [-0.2, -0.15) is 0 Å². The molecular formula is C23H25Cl2N3O2. The van der Waals surface area contributed by atoms with Crippen molar-refractivity contribution in [2.24, 2.45) is 0 Å². The van der Waals surface area contributed by atoms with Gasteiger partial charge in [0.05, 0.1) is 15.6 Å². The third-order valence-corrected chi connectivity index (χ3v) is 6.24. The lowest BCUT2D eigenvalue weighted by Gasteiger charge is -2.32. The molecule has 3 aromatic rings. The van der Waals surface area contributed by atoms with Crippen molar-refractivity contribution in [1.29, 1.82) is 0 Å². The summed E-state index contributed by atoms with van der Waals surface area (Å²) in [7, 11) is 0. The molecule has 1 aliphatic heterocycles. The minimum absolute atomic E-state index is 0.0267. The van der Waals surface area contributed by atoms with Crippen LogP contribution in [0.25, 0.3) is 10.9 Å². The third kappa shape index (κ3) is 5.09. The maximum absolute atomic E-state index is 12.5. The molecule has 158 valence electrons. The second-order valence-electron chi connectivity index (χ2n) is 7.59. The van der Waals surface area contributed by atoms with E-state index in [1.54, 1.807) is 18.3 Å². The van der Waals surface area contributed by atoms with Gasteiger partial charge in [0.2, 0.25) is 0 Å². The summed E-state index contributed by atoms with van der Waals surface area (Å²) in [5, 5.41) is 5.04. The van der Waals surface area contributed by atoms with Gasteiger partial charge in [0.15, 0.2) is 0 Å². The van der Waals surface area contributed by atoms with Crippen molar-refractivity contribution >= 4 is 40.0 Å². The summed E-state index contributed by atoms with van der Waals surface area (Å²) < 4.78 is 6.04. The van der Waals surface area contributed by atoms with E-state index >= 15 is 0 Å². The number of nitrogens with zero attached hydrogens (tertiary/aromatic N) is 1. The van der Waals surface area contributed by atoms with Crippen molar-refractivity contribution in [3.05, 3.63) is 64.3 Å². The number of aromatic amines is 1. The van der Waals surface area contributed by atoms with Crippen molar-refractivity contribution in [3.8, 4) is 5.75 Å². The van der Waals surface area contributed by atoms with Crippen molar-refractivity contribution in [3.63, 3.8) is 0 Å². The minimum Gasteiger partial charge on any atom is -0.490 e. The molecule has 0 saturated carbocycles. The van der Waals surface area contributed by atoms with Gasteiger partial charge in [0.25, 0.3) is 5.91 Å². The number of hydrogen-bond acceptors (Lipinski definition) is 3. The molecule has 2 heterocycles. The van der Waals surface area contributed by atoms with Crippen LogP contribution in [0, 0.1) is 0 Å². The average molecular weight is 446 g/mol. The van der Waals surface area contributed by atoms with E-state index in [0.717, 1.165) is 55.5 Å². The third-order valence-electron chi connectivity index (χ3n) is 5.50. The number of nitrogens with one attached hydrogen (secondary N) is 2. The van der Waals surface area contributed by atoms with Crippen LogP contribution in [0.4, 0.5) is 0 Å². The molecule has 1 aliphatic rings. The zero-order valence-electron chi connectivity index (χ0n) is 16.7. The van der Waals surface area contributed by atoms with Crippen LogP contribution >= 0.6 is 23.2 Å². The van der Waals surface area contributed by atoms with E-state index in [9.17, 15) is 4.79 Å². The Morgan fingerprint density at radius 3 is 2.73 bits per heavy atom. The largest absolute Gasteiger partial charge is 0.490 e. The summed E-state index contributed by atoms with van der Waals surface area (Å²) in [4.78, 5) is 18.0. The van der Waals surface area contributed by atoms with E-state index in [1.165, 1.54) is 0 Å². The van der Waals surface area contributed by atoms with Crippen LogP contribution in [0.5, 0.6) is 5.75 Å². The lowest BCUT2D eigenvalue weighted by Crippen LogP contribution is -2.39. The van der Waals surface area contributed by atoms with Crippen LogP contribution in [0.3, 0.4) is 0 Å². The monoisotopic (exact) mass is 445 g/mol. The Labute approximate surface area is 186 Å². The van der Waals surface area contributed by atoms with Crippen molar-refractivity contribution < 1.29 is 9.53 Å². The Kier molecular flexibility index (Phi) is 6.82. The average Bonchev–Trinajstić information content (AvgIpc) is 3.19. The van der Waals surface area contributed by atoms with Crippen LogP contribution in [-0.2, 0) is 0 Å². The minimum atomic E-state index is -0.0267. The fraction of sp³-hybridized carbons (Fsp3) is 0.348. The second-order valence-corrected chi connectivity index (χ2v) is 8.41. The Hall–Kier alpha value is -2.21. The summed E-state index contributed by atoms with van der Waals surface area (Å²) in [6, 6.07) is 13.2. The lowest BCUT2D eigenvalue weighted by atomic mass is 10.1. The molecule has 1 amide bonds. The molecule has 1 fully saturated rings. The molecule has 7 heteroatoms. The van der Waals surface area contributed by atoms with Gasteiger partial charge in [-0.1, -0.05) is 41.4 Å². The fourth-order valence-corrected chi connectivity index (χ4v) is 4.14. The quantitative estimate of drug-likeness (QED) is 0.495. The zero-order valence-corrected chi connectivity index (χ0v) is 18.2. The molecule has 0 atom stereocenters. The van der Waals surface area contributed by atoms with E-state index < -0.39 is 0 Å². The van der Waals surface area contributed by atoms with Gasteiger partial charge in [-0.3, -0.25) is 4.79 Å². The molecule has 0 bridgehead atoms. The molecule has 0 unspecified atom stereocenters. The molecular weight excluding hydrogens is 421 g/mol. The van der Waals surface area contributed by atoms with Crippen molar-refractivity contribution in [1.82, 2.24) is 15.2 Å². The van der Waals surface area contributed by atoms with Gasteiger partial charge in [0, 0.05) is 42.8 Å². The number of carbonyl (C=O) groups is 1. The molecule has 4 rings (SSSR count). The number of amides is 1. The highest BCUT2D eigenvalue weighted by Crippen LogP contribution is 2.28. The fourth-order valence-electron chi connectivity index (χ4n) is 3.85. The first kappa shape index (κ1) is 21.0. The number of aromatic nitrogens is 1. The van der Waals surface area contributed by atoms with Crippen LogP contribution in [0.15, 0.2) is 48.7 Å². The number of fused-ring (bicyclic) bond motifs is 1. The molecule has 1 aromatic heterocycles. The van der Waals surface area contributed by atoms with E-state index in [1.807, 2.05) is 30.3 Å². The van der Waals surface area contributed by atoms with E-state index in [0.29, 0.717) is 22.2 Å². The molecule has 0 radical (unpaired) electrons. The first-order chi connectivity index (χ1) is 14.6. The van der Waals surface area contributed by atoms with Gasteiger partial charge in [0.1, 0.15) is 11.9 Å². The summed E-state index contributed by atoms with van der Waals surface area (Å²) in [5.41, 5.74) is 1.68. The maximum Gasteiger partial charge on any atom is 0.253 e. The summed E-state index contributed by atoms with van der Waals surface area (Å²) in [5.74, 6) is 0.740. The number of ether oxygens (including phenoxy) is 1. The number of benzene rings is 2. The molecule has 1 saturated heterocycles. The second kappa shape index (κ2) is 9.73. The maximum atomic E-state index is 12.5. The van der Waals surface area contributed by atoms with Gasteiger partial charge < -0.3 is 19.9 Å². The number of H-pyrrole nitrogens is 1. The Morgan fingerprint density at radius 1 is 1.13 bits per heavy atom. The first-order valence-corrected chi connectivity index (χ1v) is 11.0. The number of halogens is 2. The summed E-state index contributed by atoms with van der Waals surface area (Å²) in [6.45, 7) is 3.61. The van der Waals surface area contributed by atoms with Gasteiger partial charge >= 0.3 is 0 Å².